The van der Waals surface area contributed by atoms with Crippen LogP contribution in [0.1, 0.15) is 96.8 Å². The van der Waals surface area contributed by atoms with Crippen LogP contribution in [0, 0.1) is 29.6 Å². The minimum Gasteiger partial charge on any atom is -0.295 e. The quantitative estimate of drug-likeness (QED) is 0.494. The molecule has 1 heteroatoms. The Kier molecular flexibility index (Phi) is 6.98. The van der Waals surface area contributed by atoms with Crippen LogP contribution < -0.4 is 0 Å². The summed E-state index contributed by atoms with van der Waals surface area (Å²) in [6, 6.07) is 0. The Labute approximate surface area is 149 Å². The number of hydrogen-bond acceptors (Lipinski definition) is 1. The molecule has 3 aliphatic rings. The molecule has 0 aliphatic heterocycles. The van der Waals surface area contributed by atoms with Gasteiger partial charge in [0.15, 0.2) is 5.78 Å². The van der Waals surface area contributed by atoms with Crippen molar-refractivity contribution in [1.29, 1.82) is 0 Å². The van der Waals surface area contributed by atoms with Crippen LogP contribution in [0.4, 0.5) is 0 Å². The van der Waals surface area contributed by atoms with E-state index in [0.717, 1.165) is 36.5 Å². The third-order valence-corrected chi connectivity index (χ3v) is 7.45. The summed E-state index contributed by atoms with van der Waals surface area (Å²) in [4.78, 5) is 11.4. The number of ketones is 1. The molecule has 0 heterocycles. The lowest BCUT2D eigenvalue weighted by molar-refractivity contribution is -0.115. The van der Waals surface area contributed by atoms with Crippen LogP contribution in [0.2, 0.25) is 0 Å². The summed E-state index contributed by atoms with van der Waals surface area (Å²) in [7, 11) is 0. The Bertz CT molecular complexity index is 408. The van der Waals surface area contributed by atoms with E-state index in [-0.39, 0.29) is 0 Å². The summed E-state index contributed by atoms with van der Waals surface area (Å²) in [5.41, 5.74) is 0. The Balaban J connectivity index is 1.37. The molecule has 2 fully saturated rings. The van der Waals surface area contributed by atoms with Gasteiger partial charge in [-0.3, -0.25) is 4.79 Å². The minimum atomic E-state index is 0.343. The minimum absolute atomic E-state index is 0.343. The Morgan fingerprint density at radius 2 is 1.46 bits per heavy atom. The largest absolute Gasteiger partial charge is 0.295 e. The lowest BCUT2D eigenvalue weighted by Crippen LogP contribution is -2.28. The Morgan fingerprint density at radius 3 is 2.04 bits per heavy atom. The molecule has 1 unspecified atom stereocenters. The van der Waals surface area contributed by atoms with Gasteiger partial charge in [0.2, 0.25) is 0 Å². The van der Waals surface area contributed by atoms with Crippen molar-refractivity contribution in [1.82, 2.24) is 0 Å². The van der Waals surface area contributed by atoms with E-state index in [1.165, 1.54) is 77.0 Å². The number of carbonyl (C=O) groups is 1. The third-order valence-electron chi connectivity index (χ3n) is 7.45. The van der Waals surface area contributed by atoms with Crippen molar-refractivity contribution < 1.29 is 4.79 Å². The zero-order chi connectivity index (χ0) is 16.8. The smallest absolute Gasteiger partial charge is 0.155 e. The number of rotatable bonds is 6. The highest BCUT2D eigenvalue weighted by molar-refractivity contribution is 5.90. The van der Waals surface area contributed by atoms with E-state index in [1.54, 1.807) is 0 Å². The summed E-state index contributed by atoms with van der Waals surface area (Å²) < 4.78 is 0. The molecule has 0 spiro atoms. The maximum Gasteiger partial charge on any atom is 0.155 e. The van der Waals surface area contributed by atoms with Crippen LogP contribution in [0.3, 0.4) is 0 Å². The van der Waals surface area contributed by atoms with Crippen LogP contribution in [-0.4, -0.2) is 5.78 Å². The average Bonchev–Trinajstić information content (AvgIpc) is 2.63. The summed E-state index contributed by atoms with van der Waals surface area (Å²) in [5, 5.41) is 0. The van der Waals surface area contributed by atoms with Gasteiger partial charge in [-0.05, 0) is 80.6 Å². The second kappa shape index (κ2) is 9.20. The molecule has 0 aromatic rings. The van der Waals surface area contributed by atoms with Gasteiger partial charge in [0, 0.05) is 6.42 Å². The average molecular weight is 331 g/mol. The van der Waals surface area contributed by atoms with Crippen LogP contribution in [0.5, 0.6) is 0 Å². The first-order valence-electron chi connectivity index (χ1n) is 11.0. The third kappa shape index (κ3) is 4.96. The van der Waals surface area contributed by atoms with Gasteiger partial charge in [0.05, 0.1) is 0 Å². The molecule has 0 aromatic heterocycles. The molecule has 0 amide bonds. The molecule has 0 radical (unpaired) electrons. The van der Waals surface area contributed by atoms with E-state index in [4.69, 9.17) is 0 Å². The molecule has 136 valence electrons. The molecule has 1 nitrogen and oxygen atoms in total. The molecule has 3 rings (SSSR count). The monoisotopic (exact) mass is 330 g/mol. The number of allylic oxidation sites excluding steroid dienone is 2. The standard InChI is InChI=1S/C23H38O/c1-2-3-4-5-18-6-8-19(9-7-18)20-10-12-21(13-11-20)22-14-16-23(24)17-15-22/h14,16,18-22H,2-13,15,17H2,1H3/t18-,19-,20?,21?,22?. The summed E-state index contributed by atoms with van der Waals surface area (Å²) in [5.74, 6) is 5.03. The molecule has 2 saturated carbocycles. The number of unbranched alkanes of at least 4 members (excludes halogenated alkanes) is 2. The fourth-order valence-corrected chi connectivity index (χ4v) is 5.79. The summed E-state index contributed by atoms with van der Waals surface area (Å²) >= 11 is 0. The second-order valence-electron chi connectivity index (χ2n) is 8.98. The van der Waals surface area contributed by atoms with E-state index in [0.29, 0.717) is 11.7 Å². The molecule has 0 aromatic carbocycles. The van der Waals surface area contributed by atoms with Crippen molar-refractivity contribution in [3.05, 3.63) is 12.2 Å². The highest BCUT2D eigenvalue weighted by Gasteiger charge is 2.33. The molecular formula is C23H38O. The van der Waals surface area contributed by atoms with Crippen LogP contribution in [0.15, 0.2) is 12.2 Å². The zero-order valence-corrected chi connectivity index (χ0v) is 15.8. The van der Waals surface area contributed by atoms with Gasteiger partial charge in [-0.2, -0.15) is 0 Å². The first-order valence-corrected chi connectivity index (χ1v) is 11.0. The van der Waals surface area contributed by atoms with Gasteiger partial charge in [0.1, 0.15) is 0 Å². The maximum absolute atomic E-state index is 11.4. The van der Waals surface area contributed by atoms with Gasteiger partial charge in [-0.25, -0.2) is 0 Å². The molecule has 1 atom stereocenters. The highest BCUT2D eigenvalue weighted by atomic mass is 16.1. The molecule has 3 aliphatic carbocycles. The lowest BCUT2D eigenvalue weighted by atomic mass is 9.66. The molecular weight excluding hydrogens is 292 g/mol. The molecule has 0 saturated heterocycles. The second-order valence-corrected chi connectivity index (χ2v) is 8.98. The number of carbonyl (C=O) groups excluding carboxylic acids is 1. The van der Waals surface area contributed by atoms with Crippen molar-refractivity contribution in [2.45, 2.75) is 96.8 Å². The van der Waals surface area contributed by atoms with Crippen molar-refractivity contribution in [2.24, 2.45) is 29.6 Å². The predicted octanol–water partition coefficient (Wildman–Crippen LogP) is 6.71. The fourth-order valence-electron chi connectivity index (χ4n) is 5.79. The molecule has 0 N–H and O–H groups in total. The van der Waals surface area contributed by atoms with Gasteiger partial charge in [-0.15, -0.1) is 0 Å². The summed E-state index contributed by atoms with van der Waals surface area (Å²) in [6.45, 7) is 2.31. The van der Waals surface area contributed by atoms with Crippen molar-refractivity contribution in [3.8, 4) is 0 Å². The molecule has 0 bridgehead atoms. The van der Waals surface area contributed by atoms with Gasteiger partial charge in [-0.1, -0.05) is 51.5 Å². The summed E-state index contributed by atoms with van der Waals surface area (Å²) in [6.07, 6.45) is 23.6. The topological polar surface area (TPSA) is 17.1 Å². The van der Waals surface area contributed by atoms with E-state index in [1.807, 2.05) is 6.08 Å². The van der Waals surface area contributed by atoms with E-state index in [9.17, 15) is 4.79 Å². The van der Waals surface area contributed by atoms with E-state index < -0.39 is 0 Å². The fraction of sp³-hybridized carbons (Fsp3) is 0.870. The predicted molar refractivity (Wildman–Crippen MR) is 102 cm³/mol. The first-order chi connectivity index (χ1) is 11.8. The molecule has 24 heavy (non-hydrogen) atoms. The van der Waals surface area contributed by atoms with Crippen LogP contribution in [-0.2, 0) is 4.79 Å². The van der Waals surface area contributed by atoms with E-state index in [2.05, 4.69) is 13.0 Å². The SMILES string of the molecule is CCCCC[C@H]1CC[C@H](C2CCC(C3C=CC(=O)CC3)CC2)CC1. The zero-order valence-electron chi connectivity index (χ0n) is 15.8. The first kappa shape index (κ1) is 18.2. The highest BCUT2D eigenvalue weighted by Crippen LogP contribution is 2.44. The van der Waals surface area contributed by atoms with Crippen LogP contribution in [0.25, 0.3) is 0 Å². The van der Waals surface area contributed by atoms with Crippen molar-refractivity contribution in [3.63, 3.8) is 0 Å². The van der Waals surface area contributed by atoms with E-state index >= 15 is 0 Å². The van der Waals surface area contributed by atoms with Gasteiger partial charge in [0.25, 0.3) is 0 Å². The maximum atomic E-state index is 11.4. The Morgan fingerprint density at radius 1 is 0.833 bits per heavy atom. The van der Waals surface area contributed by atoms with Crippen LogP contribution >= 0.6 is 0 Å². The normalized spacial score (nSPS) is 37.5. The lowest BCUT2D eigenvalue weighted by Gasteiger charge is -2.39. The van der Waals surface area contributed by atoms with Gasteiger partial charge >= 0.3 is 0 Å². The van der Waals surface area contributed by atoms with Crippen molar-refractivity contribution >= 4 is 5.78 Å². The Hall–Kier alpha value is -0.590. The van der Waals surface area contributed by atoms with Gasteiger partial charge < -0.3 is 0 Å². The number of hydrogen-bond donors (Lipinski definition) is 0. The van der Waals surface area contributed by atoms with Crippen molar-refractivity contribution in [2.75, 3.05) is 0 Å².